The Labute approximate surface area is 129 Å². The molecule has 3 aromatic rings. The predicted octanol–water partition coefficient (Wildman–Crippen LogP) is 4.70. The fraction of sp³-hybridized carbons (Fsp3) is 0.118. The summed E-state index contributed by atoms with van der Waals surface area (Å²) < 4.78 is 1.84. The third-order valence-electron chi connectivity index (χ3n) is 3.35. The number of benzene rings is 2. The van der Waals surface area contributed by atoms with Crippen LogP contribution in [0, 0.1) is 0 Å². The largest absolute Gasteiger partial charge is 0.378 e. The highest BCUT2D eigenvalue weighted by molar-refractivity contribution is 6.30. The Kier molecular flexibility index (Phi) is 3.93. The lowest BCUT2D eigenvalue weighted by atomic mass is 10.1. The van der Waals surface area contributed by atoms with Gasteiger partial charge in [-0.25, -0.2) is 4.68 Å². The molecule has 0 saturated carbocycles. The van der Waals surface area contributed by atoms with E-state index in [1.165, 1.54) is 0 Å². The van der Waals surface area contributed by atoms with Crippen molar-refractivity contribution >= 4 is 17.3 Å². The van der Waals surface area contributed by atoms with Crippen LogP contribution >= 0.6 is 11.6 Å². The molecule has 106 valence electrons. The summed E-state index contributed by atoms with van der Waals surface area (Å²) in [6.45, 7) is 2.12. The molecule has 0 amide bonds. The fourth-order valence-corrected chi connectivity index (χ4v) is 2.47. The number of halogens is 1. The summed E-state index contributed by atoms with van der Waals surface area (Å²) in [4.78, 5) is 0. The maximum Gasteiger partial charge on any atom is 0.0666 e. The molecule has 2 aromatic carbocycles. The van der Waals surface area contributed by atoms with Gasteiger partial charge < -0.3 is 5.32 Å². The van der Waals surface area contributed by atoms with Crippen molar-refractivity contribution in [3.63, 3.8) is 0 Å². The van der Waals surface area contributed by atoms with Crippen LogP contribution in [0.4, 0.5) is 5.69 Å². The first-order chi connectivity index (χ1) is 10.2. The molecule has 0 radical (unpaired) electrons. The minimum Gasteiger partial charge on any atom is -0.378 e. The van der Waals surface area contributed by atoms with Gasteiger partial charge in [0.05, 0.1) is 5.69 Å². The van der Waals surface area contributed by atoms with Gasteiger partial charge in [0.1, 0.15) is 0 Å². The molecule has 1 unspecified atom stereocenters. The van der Waals surface area contributed by atoms with E-state index in [9.17, 15) is 0 Å². The number of hydrogen-bond acceptors (Lipinski definition) is 2. The lowest BCUT2D eigenvalue weighted by Gasteiger charge is -2.16. The molecular weight excluding hydrogens is 282 g/mol. The van der Waals surface area contributed by atoms with Crippen molar-refractivity contribution in [1.29, 1.82) is 0 Å². The second kappa shape index (κ2) is 6.02. The van der Waals surface area contributed by atoms with Crippen LogP contribution < -0.4 is 5.32 Å². The number of aromatic nitrogens is 2. The normalized spacial score (nSPS) is 12.1. The van der Waals surface area contributed by atoms with Crippen molar-refractivity contribution in [2.45, 2.75) is 13.0 Å². The summed E-state index contributed by atoms with van der Waals surface area (Å²) in [5.74, 6) is 0. The summed E-state index contributed by atoms with van der Waals surface area (Å²) in [5.41, 5.74) is 3.24. The molecule has 0 aliphatic rings. The smallest absolute Gasteiger partial charge is 0.0666 e. The van der Waals surface area contributed by atoms with Gasteiger partial charge in [0.2, 0.25) is 0 Å². The van der Waals surface area contributed by atoms with Gasteiger partial charge >= 0.3 is 0 Å². The van der Waals surface area contributed by atoms with E-state index in [-0.39, 0.29) is 6.04 Å². The molecule has 0 bridgehead atoms. The first-order valence-corrected chi connectivity index (χ1v) is 7.22. The van der Waals surface area contributed by atoms with Crippen molar-refractivity contribution in [1.82, 2.24) is 9.78 Å². The van der Waals surface area contributed by atoms with Gasteiger partial charge in [0.25, 0.3) is 0 Å². The molecule has 0 fully saturated rings. The first-order valence-electron chi connectivity index (χ1n) is 6.84. The van der Waals surface area contributed by atoms with Gasteiger partial charge in [-0.1, -0.05) is 29.8 Å². The van der Waals surface area contributed by atoms with Gasteiger partial charge in [-0.15, -0.1) is 0 Å². The van der Waals surface area contributed by atoms with E-state index >= 15 is 0 Å². The molecule has 0 saturated heterocycles. The number of nitrogens with zero attached hydrogens (tertiary/aromatic N) is 2. The molecule has 0 aliphatic heterocycles. The highest BCUT2D eigenvalue weighted by Crippen LogP contribution is 2.23. The third kappa shape index (κ3) is 3.26. The minimum absolute atomic E-state index is 0.177. The van der Waals surface area contributed by atoms with E-state index in [1.807, 2.05) is 53.3 Å². The average molecular weight is 298 g/mol. The van der Waals surface area contributed by atoms with Gasteiger partial charge in [0.15, 0.2) is 0 Å². The topological polar surface area (TPSA) is 29.9 Å². The van der Waals surface area contributed by atoms with Gasteiger partial charge in [-0.05, 0) is 48.9 Å². The molecule has 0 aliphatic carbocycles. The van der Waals surface area contributed by atoms with Crippen LogP contribution in [0.1, 0.15) is 18.5 Å². The SMILES string of the molecule is CC(Nc1cccc(-n2cccn2)c1)c1cccc(Cl)c1. The summed E-state index contributed by atoms with van der Waals surface area (Å²) in [7, 11) is 0. The second-order valence-corrected chi connectivity index (χ2v) is 5.36. The number of hydrogen-bond donors (Lipinski definition) is 1. The number of anilines is 1. The molecule has 4 heteroatoms. The Morgan fingerprint density at radius 1 is 1.10 bits per heavy atom. The summed E-state index contributed by atoms with van der Waals surface area (Å²) >= 11 is 6.05. The highest BCUT2D eigenvalue weighted by atomic mass is 35.5. The maximum absolute atomic E-state index is 6.05. The molecule has 1 aromatic heterocycles. The Hall–Kier alpha value is -2.26. The zero-order valence-electron chi connectivity index (χ0n) is 11.7. The Bertz CT molecular complexity index is 722. The number of nitrogens with one attached hydrogen (secondary N) is 1. The molecular formula is C17H16ClN3. The van der Waals surface area contributed by atoms with Crippen molar-refractivity contribution < 1.29 is 0 Å². The molecule has 1 atom stereocenters. The lowest BCUT2D eigenvalue weighted by Crippen LogP contribution is -2.07. The number of rotatable bonds is 4. The van der Waals surface area contributed by atoms with Crippen LogP contribution in [0.3, 0.4) is 0 Å². The summed E-state index contributed by atoms with van der Waals surface area (Å²) in [6, 6.07) is 18.2. The van der Waals surface area contributed by atoms with E-state index in [4.69, 9.17) is 11.6 Å². The zero-order valence-corrected chi connectivity index (χ0v) is 12.5. The van der Waals surface area contributed by atoms with Gasteiger partial charge in [-0.3, -0.25) is 0 Å². The Morgan fingerprint density at radius 3 is 2.71 bits per heavy atom. The summed E-state index contributed by atoms with van der Waals surface area (Å²) in [6.07, 6.45) is 3.70. The van der Waals surface area contributed by atoms with Crippen LogP contribution in [0.25, 0.3) is 5.69 Å². The lowest BCUT2D eigenvalue weighted by molar-refractivity contribution is 0.869. The molecule has 21 heavy (non-hydrogen) atoms. The van der Waals surface area contributed by atoms with Crippen molar-refractivity contribution in [2.75, 3.05) is 5.32 Å². The first kappa shape index (κ1) is 13.7. The van der Waals surface area contributed by atoms with Gasteiger partial charge in [0, 0.05) is 29.1 Å². The zero-order chi connectivity index (χ0) is 14.7. The summed E-state index contributed by atoms with van der Waals surface area (Å²) in [5, 5.41) is 8.49. The van der Waals surface area contributed by atoms with Crippen LogP contribution in [-0.2, 0) is 0 Å². The van der Waals surface area contributed by atoms with E-state index in [2.05, 4.69) is 29.5 Å². The van der Waals surface area contributed by atoms with Crippen molar-refractivity contribution in [3.8, 4) is 5.69 Å². The third-order valence-corrected chi connectivity index (χ3v) is 3.58. The Morgan fingerprint density at radius 2 is 1.95 bits per heavy atom. The standard InChI is InChI=1S/C17H16ClN3/c1-13(14-5-2-6-15(18)11-14)20-16-7-3-8-17(12-16)21-10-4-9-19-21/h2-13,20H,1H3. The highest BCUT2D eigenvalue weighted by Gasteiger charge is 2.06. The molecule has 3 rings (SSSR count). The second-order valence-electron chi connectivity index (χ2n) is 4.92. The van der Waals surface area contributed by atoms with E-state index in [0.29, 0.717) is 0 Å². The molecule has 1 N–H and O–H groups in total. The van der Waals surface area contributed by atoms with Crippen molar-refractivity contribution in [3.05, 3.63) is 77.6 Å². The quantitative estimate of drug-likeness (QED) is 0.756. The average Bonchev–Trinajstić information content (AvgIpc) is 3.02. The Balaban J connectivity index is 1.80. The van der Waals surface area contributed by atoms with Gasteiger partial charge in [-0.2, -0.15) is 5.10 Å². The van der Waals surface area contributed by atoms with Crippen LogP contribution in [0.15, 0.2) is 67.0 Å². The van der Waals surface area contributed by atoms with Crippen LogP contribution in [-0.4, -0.2) is 9.78 Å². The minimum atomic E-state index is 0.177. The molecule has 0 spiro atoms. The maximum atomic E-state index is 6.05. The predicted molar refractivity (Wildman–Crippen MR) is 87.1 cm³/mol. The van der Waals surface area contributed by atoms with E-state index < -0.39 is 0 Å². The fourth-order valence-electron chi connectivity index (χ4n) is 2.27. The van der Waals surface area contributed by atoms with E-state index in [0.717, 1.165) is 22.0 Å². The van der Waals surface area contributed by atoms with Crippen molar-refractivity contribution in [2.24, 2.45) is 0 Å². The molecule has 1 heterocycles. The molecule has 3 nitrogen and oxygen atoms in total. The van der Waals surface area contributed by atoms with Crippen LogP contribution in [0.2, 0.25) is 5.02 Å². The van der Waals surface area contributed by atoms with E-state index in [1.54, 1.807) is 6.20 Å². The van der Waals surface area contributed by atoms with Crippen LogP contribution in [0.5, 0.6) is 0 Å². The monoisotopic (exact) mass is 297 g/mol.